The number of aryl methyl sites for hydroxylation is 1. The molecular formula is C35H38N2O4S. The molecule has 1 fully saturated rings. The molecule has 0 saturated carbocycles. The smallest absolute Gasteiger partial charge is 0.325 e. The Morgan fingerprint density at radius 2 is 1.33 bits per heavy atom. The van der Waals surface area contributed by atoms with Crippen LogP contribution in [0.4, 0.5) is 0 Å². The van der Waals surface area contributed by atoms with Crippen LogP contribution in [-0.2, 0) is 26.1 Å². The van der Waals surface area contributed by atoms with Gasteiger partial charge in [0.1, 0.15) is 6.04 Å². The summed E-state index contributed by atoms with van der Waals surface area (Å²) in [5, 5.41) is 0. The van der Waals surface area contributed by atoms with E-state index in [0.29, 0.717) is 0 Å². The lowest BCUT2D eigenvalue weighted by Gasteiger charge is -2.64. The summed E-state index contributed by atoms with van der Waals surface area (Å²) in [5.74, 6) is -0.434. The first-order valence-electron chi connectivity index (χ1n) is 14.3. The van der Waals surface area contributed by atoms with E-state index in [-0.39, 0.29) is 24.1 Å². The van der Waals surface area contributed by atoms with Crippen molar-refractivity contribution in [3.8, 4) is 0 Å². The Kier molecular flexibility index (Phi) is 8.64. The van der Waals surface area contributed by atoms with E-state index in [4.69, 9.17) is 4.74 Å². The highest BCUT2D eigenvalue weighted by atomic mass is 32.2. The van der Waals surface area contributed by atoms with Gasteiger partial charge in [-0.1, -0.05) is 109 Å². The average Bonchev–Trinajstić information content (AvgIpc) is 2.99. The third-order valence-electron chi connectivity index (χ3n) is 8.14. The van der Waals surface area contributed by atoms with Gasteiger partial charge in [-0.3, -0.25) is 9.69 Å². The molecule has 218 valence electrons. The minimum Gasteiger partial charge on any atom is -0.465 e. The molecule has 1 heterocycles. The standard InChI is InChI=1S/C35H38N2O4S/c1-5-41-34(38)32-33(35(3,4)37(32)31(28-17-11-7-12-18-28)29-19-13-8-14-20-29)36(25-27-15-9-6-10-16-27)42(39,40)30-23-21-26(2)22-24-30/h6-24,31-33H,5,25H2,1-4H3/t32-,33+/m0/s1. The van der Waals surface area contributed by atoms with Crippen LogP contribution < -0.4 is 0 Å². The zero-order valence-corrected chi connectivity index (χ0v) is 25.4. The number of nitrogens with zero attached hydrogens (tertiary/aromatic N) is 2. The molecule has 4 aromatic rings. The number of benzene rings is 4. The van der Waals surface area contributed by atoms with Gasteiger partial charge in [-0.15, -0.1) is 0 Å². The predicted molar refractivity (Wildman–Crippen MR) is 165 cm³/mol. The predicted octanol–water partition coefficient (Wildman–Crippen LogP) is 6.37. The van der Waals surface area contributed by atoms with Crippen LogP contribution in [0.1, 0.15) is 49.1 Å². The number of hydrogen-bond acceptors (Lipinski definition) is 5. The number of hydrogen-bond donors (Lipinski definition) is 0. The molecule has 0 N–H and O–H groups in total. The maximum absolute atomic E-state index is 14.5. The Hall–Kier alpha value is -3.78. The molecule has 4 aromatic carbocycles. The second-order valence-electron chi connectivity index (χ2n) is 11.3. The summed E-state index contributed by atoms with van der Waals surface area (Å²) in [7, 11) is -4.01. The molecule has 7 heteroatoms. The first-order valence-corrected chi connectivity index (χ1v) is 15.8. The molecule has 1 aliphatic heterocycles. The molecule has 6 nitrogen and oxygen atoms in total. The molecule has 42 heavy (non-hydrogen) atoms. The van der Waals surface area contributed by atoms with Gasteiger partial charge in [-0.05, 0) is 56.5 Å². The van der Waals surface area contributed by atoms with Gasteiger partial charge in [-0.25, -0.2) is 8.42 Å². The molecule has 0 aliphatic carbocycles. The molecule has 0 unspecified atom stereocenters. The van der Waals surface area contributed by atoms with E-state index in [1.807, 2.05) is 112 Å². The third-order valence-corrected chi connectivity index (χ3v) is 9.99. The van der Waals surface area contributed by atoms with E-state index in [0.717, 1.165) is 22.3 Å². The molecule has 0 bridgehead atoms. The zero-order valence-electron chi connectivity index (χ0n) is 24.6. The summed E-state index contributed by atoms with van der Waals surface area (Å²) in [5.41, 5.74) is 3.09. The summed E-state index contributed by atoms with van der Waals surface area (Å²) >= 11 is 0. The molecule has 0 amide bonds. The van der Waals surface area contributed by atoms with Crippen molar-refractivity contribution in [1.29, 1.82) is 0 Å². The fourth-order valence-corrected chi connectivity index (χ4v) is 7.91. The van der Waals surface area contributed by atoms with Crippen molar-refractivity contribution in [3.63, 3.8) is 0 Å². The quantitative estimate of drug-likeness (QED) is 0.203. The van der Waals surface area contributed by atoms with Crippen LogP contribution in [0.5, 0.6) is 0 Å². The van der Waals surface area contributed by atoms with E-state index < -0.39 is 33.6 Å². The normalized spacial score (nSPS) is 18.5. The highest BCUT2D eigenvalue weighted by Gasteiger charge is 2.64. The third kappa shape index (κ3) is 5.64. The molecular weight excluding hydrogens is 544 g/mol. The van der Waals surface area contributed by atoms with Crippen molar-refractivity contribution < 1.29 is 17.9 Å². The number of ether oxygens (including phenoxy) is 1. The summed E-state index contributed by atoms with van der Waals surface area (Å²) in [6, 6.07) is 34.6. The summed E-state index contributed by atoms with van der Waals surface area (Å²) in [4.78, 5) is 16.2. The number of rotatable bonds is 10. The van der Waals surface area contributed by atoms with Gasteiger partial charge < -0.3 is 4.74 Å². The molecule has 5 rings (SSSR count). The molecule has 0 radical (unpaired) electrons. The fourth-order valence-electron chi connectivity index (χ4n) is 6.17. The maximum Gasteiger partial charge on any atom is 0.325 e. The van der Waals surface area contributed by atoms with Crippen molar-refractivity contribution >= 4 is 16.0 Å². The van der Waals surface area contributed by atoms with Gasteiger partial charge in [0.2, 0.25) is 10.0 Å². The van der Waals surface area contributed by atoms with Crippen LogP contribution in [0.15, 0.2) is 120 Å². The van der Waals surface area contributed by atoms with E-state index in [2.05, 4.69) is 4.90 Å². The van der Waals surface area contributed by atoms with Crippen LogP contribution in [0.3, 0.4) is 0 Å². The van der Waals surface area contributed by atoms with Crippen molar-refractivity contribution in [3.05, 3.63) is 138 Å². The highest BCUT2D eigenvalue weighted by molar-refractivity contribution is 7.89. The van der Waals surface area contributed by atoms with Crippen LogP contribution >= 0.6 is 0 Å². The largest absolute Gasteiger partial charge is 0.465 e. The van der Waals surface area contributed by atoms with Gasteiger partial charge in [0.15, 0.2) is 0 Å². The average molecular weight is 583 g/mol. The molecule has 2 atom stereocenters. The minimum absolute atomic E-state index is 0.121. The molecule has 1 aliphatic rings. The Morgan fingerprint density at radius 3 is 1.83 bits per heavy atom. The first-order chi connectivity index (χ1) is 20.2. The van der Waals surface area contributed by atoms with Crippen LogP contribution in [0.25, 0.3) is 0 Å². The second kappa shape index (κ2) is 12.2. The van der Waals surface area contributed by atoms with Gasteiger partial charge in [0.05, 0.1) is 23.6 Å². The summed E-state index contributed by atoms with van der Waals surface area (Å²) < 4.78 is 36.1. The van der Waals surface area contributed by atoms with Crippen LogP contribution in [0.2, 0.25) is 0 Å². The number of carbonyl (C=O) groups excluding carboxylic acids is 1. The fraction of sp³-hybridized carbons (Fsp3) is 0.286. The zero-order chi connectivity index (χ0) is 29.9. The highest BCUT2D eigenvalue weighted by Crippen LogP contribution is 2.50. The lowest BCUT2D eigenvalue weighted by atomic mass is 9.72. The van der Waals surface area contributed by atoms with Gasteiger partial charge in [0, 0.05) is 12.1 Å². The second-order valence-corrected chi connectivity index (χ2v) is 13.2. The molecule has 0 spiro atoms. The van der Waals surface area contributed by atoms with Crippen LogP contribution in [0, 0.1) is 6.92 Å². The Bertz CT molecular complexity index is 1550. The van der Waals surface area contributed by atoms with Crippen molar-refractivity contribution in [2.24, 2.45) is 0 Å². The Labute approximate surface area is 249 Å². The lowest BCUT2D eigenvalue weighted by molar-refractivity contribution is -0.185. The number of sulfonamides is 1. The number of carbonyl (C=O) groups is 1. The monoisotopic (exact) mass is 582 g/mol. The minimum atomic E-state index is -4.01. The molecule has 1 saturated heterocycles. The van der Waals surface area contributed by atoms with Crippen molar-refractivity contribution in [2.75, 3.05) is 6.61 Å². The van der Waals surface area contributed by atoms with Crippen LogP contribution in [-0.4, -0.2) is 47.8 Å². The summed E-state index contributed by atoms with van der Waals surface area (Å²) in [6.07, 6.45) is 0. The van der Waals surface area contributed by atoms with Gasteiger partial charge in [-0.2, -0.15) is 4.31 Å². The van der Waals surface area contributed by atoms with E-state index in [9.17, 15) is 13.2 Å². The van der Waals surface area contributed by atoms with E-state index in [1.165, 1.54) is 4.31 Å². The number of likely N-dealkylation sites (tertiary alicyclic amines) is 1. The van der Waals surface area contributed by atoms with Gasteiger partial charge >= 0.3 is 5.97 Å². The first kappa shape index (κ1) is 29.7. The topological polar surface area (TPSA) is 66.9 Å². The van der Waals surface area contributed by atoms with E-state index >= 15 is 0 Å². The number of esters is 1. The van der Waals surface area contributed by atoms with Gasteiger partial charge in [0.25, 0.3) is 0 Å². The van der Waals surface area contributed by atoms with Crippen molar-refractivity contribution in [1.82, 2.24) is 9.21 Å². The maximum atomic E-state index is 14.5. The lowest BCUT2D eigenvalue weighted by Crippen LogP contribution is -2.81. The summed E-state index contributed by atoms with van der Waals surface area (Å²) in [6.45, 7) is 8.06. The SMILES string of the molecule is CCOC(=O)[C@@H]1[C@@H](N(Cc2ccccc2)S(=O)(=O)c2ccc(C)cc2)C(C)(C)N1C(c1ccccc1)c1ccccc1. The molecule has 0 aromatic heterocycles. The Balaban J connectivity index is 1.67. The van der Waals surface area contributed by atoms with Crippen molar-refractivity contribution in [2.45, 2.75) is 62.8 Å². The Morgan fingerprint density at radius 1 is 0.833 bits per heavy atom. The van der Waals surface area contributed by atoms with E-state index in [1.54, 1.807) is 31.2 Å².